The molecule has 0 aliphatic heterocycles. The van der Waals surface area contributed by atoms with Crippen molar-refractivity contribution in [3.05, 3.63) is 24.3 Å². The maximum atomic E-state index is 12.3. The minimum Gasteiger partial charge on any atom is -0.426 e. The molecule has 132 valence electrons. The van der Waals surface area contributed by atoms with Crippen LogP contribution in [0.15, 0.2) is 18.6 Å². The molecule has 0 aromatic carbocycles. The molecule has 9 nitrogen and oxygen atoms in total. The van der Waals surface area contributed by atoms with E-state index in [4.69, 9.17) is 4.74 Å². The number of amides is 2. The smallest absolute Gasteiger partial charge is 0.426 e. The summed E-state index contributed by atoms with van der Waals surface area (Å²) < 4.78 is 4.95. The van der Waals surface area contributed by atoms with Crippen molar-refractivity contribution in [2.45, 2.75) is 32.3 Å². The second-order valence-electron chi connectivity index (χ2n) is 5.73. The van der Waals surface area contributed by atoms with Crippen LogP contribution in [0.4, 0.5) is 0 Å². The molecular formula is C14H23BN4O5. The summed E-state index contributed by atoms with van der Waals surface area (Å²) in [6, 6.07) is -1.00. The quantitative estimate of drug-likeness (QED) is 0.414. The van der Waals surface area contributed by atoms with Crippen LogP contribution in [0.3, 0.4) is 0 Å². The third kappa shape index (κ3) is 6.61. The monoisotopic (exact) mass is 338 g/mol. The molecule has 0 saturated heterocycles. The second kappa shape index (κ2) is 9.96. The van der Waals surface area contributed by atoms with Gasteiger partial charge in [-0.15, -0.1) is 0 Å². The number of ether oxygens (including phenoxy) is 1. The van der Waals surface area contributed by atoms with Crippen molar-refractivity contribution in [1.29, 1.82) is 0 Å². The number of rotatable bonds is 9. The lowest BCUT2D eigenvalue weighted by molar-refractivity contribution is -0.124. The summed E-state index contributed by atoms with van der Waals surface area (Å²) in [5.74, 6) is -1.85. The van der Waals surface area contributed by atoms with E-state index in [2.05, 4.69) is 20.6 Å². The van der Waals surface area contributed by atoms with Crippen LogP contribution in [-0.2, 0) is 9.53 Å². The van der Waals surface area contributed by atoms with Gasteiger partial charge in [-0.3, -0.25) is 14.6 Å². The third-order valence-electron chi connectivity index (χ3n) is 3.16. The van der Waals surface area contributed by atoms with Gasteiger partial charge in [-0.2, -0.15) is 0 Å². The first-order valence-electron chi connectivity index (χ1n) is 7.57. The number of methoxy groups -OCH3 is 1. The van der Waals surface area contributed by atoms with Gasteiger partial charge in [0.2, 0.25) is 5.91 Å². The standard InChI is InChI=1S/C14H23BN4O5/c1-9(2)6-12(15(22)23)19-14(21)11(8-24-3)18-13(20)10-7-16-4-5-17-10/h4-5,7,9,11-12,22-23H,6,8H2,1-3H3,(H,18,20)(H,19,21)/t11-,12-/m0/s1. The number of hydrogen-bond donors (Lipinski definition) is 4. The SMILES string of the molecule is COC[C@H](NC(=O)c1cnccn1)C(=O)N[C@@H](CC(C)C)B(O)O. The molecule has 0 unspecified atom stereocenters. The van der Waals surface area contributed by atoms with Crippen LogP contribution in [-0.4, -0.2) is 64.6 Å². The first-order valence-corrected chi connectivity index (χ1v) is 7.57. The first-order chi connectivity index (χ1) is 11.3. The molecule has 4 N–H and O–H groups in total. The van der Waals surface area contributed by atoms with E-state index in [9.17, 15) is 19.6 Å². The van der Waals surface area contributed by atoms with Crippen LogP contribution in [0.2, 0.25) is 0 Å². The number of aromatic nitrogens is 2. The molecular weight excluding hydrogens is 315 g/mol. The Kier molecular flexibility index (Phi) is 8.30. The Bertz CT molecular complexity index is 529. The molecule has 0 radical (unpaired) electrons. The Morgan fingerprint density at radius 2 is 2.00 bits per heavy atom. The van der Waals surface area contributed by atoms with Crippen molar-refractivity contribution >= 4 is 18.9 Å². The van der Waals surface area contributed by atoms with E-state index in [-0.39, 0.29) is 18.2 Å². The highest BCUT2D eigenvalue weighted by atomic mass is 16.5. The summed E-state index contributed by atoms with van der Waals surface area (Å²) in [7, 11) is -0.309. The maximum absolute atomic E-state index is 12.3. The van der Waals surface area contributed by atoms with Gasteiger partial charge in [0.25, 0.3) is 5.91 Å². The molecule has 0 aliphatic rings. The fraction of sp³-hybridized carbons (Fsp3) is 0.571. The highest BCUT2D eigenvalue weighted by Gasteiger charge is 2.30. The van der Waals surface area contributed by atoms with Crippen molar-refractivity contribution in [2.75, 3.05) is 13.7 Å². The lowest BCUT2D eigenvalue weighted by Crippen LogP contribution is -2.55. The summed E-state index contributed by atoms with van der Waals surface area (Å²) in [6.07, 6.45) is 4.44. The molecule has 0 bridgehead atoms. The van der Waals surface area contributed by atoms with Crippen LogP contribution >= 0.6 is 0 Å². The van der Waals surface area contributed by atoms with E-state index in [0.717, 1.165) is 0 Å². The summed E-state index contributed by atoms with van der Waals surface area (Å²) in [4.78, 5) is 32.1. The lowest BCUT2D eigenvalue weighted by atomic mass is 9.75. The minimum atomic E-state index is -1.70. The Hall–Kier alpha value is -2.04. The predicted octanol–water partition coefficient (Wildman–Crippen LogP) is -1.24. The van der Waals surface area contributed by atoms with Crippen molar-refractivity contribution in [3.63, 3.8) is 0 Å². The van der Waals surface area contributed by atoms with Crippen molar-refractivity contribution in [1.82, 2.24) is 20.6 Å². The summed E-state index contributed by atoms with van der Waals surface area (Å²) >= 11 is 0. The van der Waals surface area contributed by atoms with E-state index < -0.39 is 30.9 Å². The number of carbonyl (C=O) groups excluding carboxylic acids is 2. The molecule has 1 aromatic heterocycles. The van der Waals surface area contributed by atoms with Crippen LogP contribution in [0, 0.1) is 5.92 Å². The van der Waals surface area contributed by atoms with E-state index >= 15 is 0 Å². The molecule has 24 heavy (non-hydrogen) atoms. The van der Waals surface area contributed by atoms with Crippen LogP contribution in [0.25, 0.3) is 0 Å². The average molecular weight is 338 g/mol. The van der Waals surface area contributed by atoms with Crippen molar-refractivity contribution in [3.8, 4) is 0 Å². The molecule has 0 spiro atoms. The summed E-state index contributed by atoms with van der Waals surface area (Å²) in [6.45, 7) is 3.71. The molecule has 1 rings (SSSR count). The Morgan fingerprint density at radius 3 is 2.50 bits per heavy atom. The molecule has 10 heteroatoms. The number of nitrogens with one attached hydrogen (secondary N) is 2. The highest BCUT2D eigenvalue weighted by Crippen LogP contribution is 2.06. The second-order valence-corrected chi connectivity index (χ2v) is 5.73. The average Bonchev–Trinajstić information content (AvgIpc) is 2.54. The summed E-state index contributed by atoms with van der Waals surface area (Å²) in [5, 5.41) is 23.8. The third-order valence-corrected chi connectivity index (χ3v) is 3.16. The zero-order valence-corrected chi connectivity index (χ0v) is 14.0. The zero-order chi connectivity index (χ0) is 18.1. The van der Waals surface area contributed by atoms with Gasteiger partial charge in [-0.05, 0) is 12.3 Å². The van der Waals surface area contributed by atoms with Crippen LogP contribution in [0.5, 0.6) is 0 Å². The van der Waals surface area contributed by atoms with E-state index in [1.807, 2.05) is 13.8 Å². The normalized spacial score (nSPS) is 13.2. The number of nitrogens with zero attached hydrogens (tertiary/aromatic N) is 2. The van der Waals surface area contributed by atoms with Gasteiger partial charge in [-0.25, -0.2) is 4.98 Å². The highest BCUT2D eigenvalue weighted by molar-refractivity contribution is 6.43. The van der Waals surface area contributed by atoms with Gasteiger partial charge in [0.05, 0.1) is 18.7 Å². The number of hydrogen-bond acceptors (Lipinski definition) is 7. The van der Waals surface area contributed by atoms with E-state index in [1.54, 1.807) is 0 Å². The summed E-state index contributed by atoms with van der Waals surface area (Å²) in [5.41, 5.74) is 0.0623. The first kappa shape index (κ1) is 20.0. The maximum Gasteiger partial charge on any atom is 0.475 e. The molecule has 2 atom stereocenters. The fourth-order valence-corrected chi connectivity index (χ4v) is 2.04. The van der Waals surface area contributed by atoms with E-state index in [0.29, 0.717) is 6.42 Å². The van der Waals surface area contributed by atoms with Gasteiger partial charge < -0.3 is 25.4 Å². The van der Waals surface area contributed by atoms with Gasteiger partial charge in [0, 0.05) is 19.5 Å². The Morgan fingerprint density at radius 1 is 1.29 bits per heavy atom. The molecule has 1 heterocycles. The Labute approximate surface area is 141 Å². The Balaban J connectivity index is 2.75. The van der Waals surface area contributed by atoms with Gasteiger partial charge in [0.1, 0.15) is 11.7 Å². The lowest BCUT2D eigenvalue weighted by Gasteiger charge is -2.23. The fourth-order valence-electron chi connectivity index (χ4n) is 2.04. The largest absolute Gasteiger partial charge is 0.475 e. The van der Waals surface area contributed by atoms with Crippen LogP contribution in [0.1, 0.15) is 30.8 Å². The predicted molar refractivity (Wildman–Crippen MR) is 86.7 cm³/mol. The van der Waals surface area contributed by atoms with Gasteiger partial charge in [-0.1, -0.05) is 13.8 Å². The molecule has 0 aliphatic carbocycles. The minimum absolute atomic E-state index is 0.0623. The topological polar surface area (TPSA) is 134 Å². The van der Waals surface area contributed by atoms with Gasteiger partial charge in [0.15, 0.2) is 0 Å². The molecule has 1 aromatic rings. The van der Waals surface area contributed by atoms with Crippen molar-refractivity contribution in [2.24, 2.45) is 5.92 Å². The van der Waals surface area contributed by atoms with Crippen molar-refractivity contribution < 1.29 is 24.4 Å². The van der Waals surface area contributed by atoms with E-state index in [1.165, 1.54) is 25.7 Å². The van der Waals surface area contributed by atoms with Gasteiger partial charge >= 0.3 is 7.12 Å². The van der Waals surface area contributed by atoms with Crippen LogP contribution < -0.4 is 10.6 Å². The molecule has 0 fully saturated rings. The zero-order valence-electron chi connectivity index (χ0n) is 14.0. The molecule has 2 amide bonds. The number of carbonyl (C=O) groups is 2. The molecule has 0 saturated carbocycles.